The molecule has 0 aliphatic rings. The molecule has 1 rings (SSSR count). The van der Waals surface area contributed by atoms with Crippen molar-refractivity contribution < 1.29 is 14.3 Å². The van der Waals surface area contributed by atoms with Gasteiger partial charge in [0.1, 0.15) is 6.04 Å². The number of rotatable bonds is 9. The first-order valence-corrected chi connectivity index (χ1v) is 6.85. The third kappa shape index (κ3) is 5.69. The Morgan fingerprint density at radius 2 is 2.05 bits per heavy atom. The lowest BCUT2D eigenvalue weighted by Gasteiger charge is -2.13. The quantitative estimate of drug-likeness (QED) is 0.667. The summed E-state index contributed by atoms with van der Waals surface area (Å²) in [6.07, 6.45) is 0.991. The van der Waals surface area contributed by atoms with Crippen molar-refractivity contribution in [2.24, 2.45) is 5.73 Å². The first-order chi connectivity index (χ1) is 9.69. The van der Waals surface area contributed by atoms with Crippen LogP contribution in [0.2, 0.25) is 0 Å². The van der Waals surface area contributed by atoms with Gasteiger partial charge in [0, 0.05) is 20.3 Å². The Kier molecular flexibility index (Phi) is 7.87. The molecule has 0 saturated heterocycles. The van der Waals surface area contributed by atoms with Gasteiger partial charge in [-0.05, 0) is 17.5 Å². The third-order valence-corrected chi connectivity index (χ3v) is 2.86. The number of nitrogens with two attached hydrogens (primary N) is 1. The number of ether oxygens (including phenoxy) is 2. The fourth-order valence-corrected chi connectivity index (χ4v) is 1.77. The zero-order chi connectivity index (χ0) is 14.8. The summed E-state index contributed by atoms with van der Waals surface area (Å²) >= 11 is 0. The molecule has 1 aromatic rings. The summed E-state index contributed by atoms with van der Waals surface area (Å²) in [5, 5.41) is 2.81. The molecular formula is C15H24N2O3. The van der Waals surface area contributed by atoms with Gasteiger partial charge in [-0.15, -0.1) is 0 Å². The smallest absolute Gasteiger partial charge is 0.239 e. The van der Waals surface area contributed by atoms with Crippen LogP contribution in [0.1, 0.15) is 24.5 Å². The SMILES string of the molecule is CCCOCc1ccccc1CNC(=O)C(N)COC. The largest absolute Gasteiger partial charge is 0.383 e. The van der Waals surface area contributed by atoms with E-state index in [9.17, 15) is 4.79 Å². The Balaban J connectivity index is 2.52. The van der Waals surface area contributed by atoms with Crippen molar-refractivity contribution in [3.8, 4) is 0 Å². The van der Waals surface area contributed by atoms with Gasteiger partial charge in [-0.25, -0.2) is 0 Å². The van der Waals surface area contributed by atoms with E-state index in [0.29, 0.717) is 13.2 Å². The van der Waals surface area contributed by atoms with Gasteiger partial charge in [0.2, 0.25) is 5.91 Å². The van der Waals surface area contributed by atoms with Crippen LogP contribution in [0.4, 0.5) is 0 Å². The minimum absolute atomic E-state index is 0.212. The summed E-state index contributed by atoms with van der Waals surface area (Å²) < 4.78 is 10.4. The highest BCUT2D eigenvalue weighted by Crippen LogP contribution is 2.10. The molecule has 5 heteroatoms. The monoisotopic (exact) mass is 280 g/mol. The molecule has 1 atom stereocenters. The lowest BCUT2D eigenvalue weighted by molar-refractivity contribution is -0.123. The molecule has 5 nitrogen and oxygen atoms in total. The van der Waals surface area contributed by atoms with Crippen LogP contribution in [0.5, 0.6) is 0 Å². The van der Waals surface area contributed by atoms with Crippen molar-refractivity contribution in [2.45, 2.75) is 32.5 Å². The van der Waals surface area contributed by atoms with E-state index in [1.807, 2.05) is 24.3 Å². The van der Waals surface area contributed by atoms with Crippen LogP contribution in [0, 0.1) is 0 Å². The average Bonchev–Trinajstić information content (AvgIpc) is 2.46. The zero-order valence-electron chi connectivity index (χ0n) is 12.2. The first-order valence-electron chi connectivity index (χ1n) is 6.85. The number of hydrogen-bond donors (Lipinski definition) is 2. The number of benzene rings is 1. The maximum atomic E-state index is 11.7. The number of carbonyl (C=O) groups excluding carboxylic acids is 1. The van der Waals surface area contributed by atoms with Gasteiger partial charge < -0.3 is 20.5 Å². The Hall–Kier alpha value is -1.43. The molecule has 0 saturated carbocycles. The fraction of sp³-hybridized carbons (Fsp3) is 0.533. The molecule has 0 fully saturated rings. The van der Waals surface area contributed by atoms with E-state index in [1.165, 1.54) is 7.11 Å². The number of hydrogen-bond acceptors (Lipinski definition) is 4. The van der Waals surface area contributed by atoms with Crippen LogP contribution in [0.25, 0.3) is 0 Å². The lowest BCUT2D eigenvalue weighted by Crippen LogP contribution is -2.43. The van der Waals surface area contributed by atoms with Crippen LogP contribution >= 0.6 is 0 Å². The highest BCUT2D eigenvalue weighted by Gasteiger charge is 2.13. The Morgan fingerprint density at radius 1 is 1.35 bits per heavy atom. The highest BCUT2D eigenvalue weighted by molar-refractivity contribution is 5.81. The van der Waals surface area contributed by atoms with Gasteiger partial charge >= 0.3 is 0 Å². The predicted molar refractivity (Wildman–Crippen MR) is 78.1 cm³/mol. The van der Waals surface area contributed by atoms with Crippen LogP contribution in [0.15, 0.2) is 24.3 Å². The predicted octanol–water partition coefficient (Wildman–Crippen LogP) is 1.20. The van der Waals surface area contributed by atoms with E-state index in [0.717, 1.165) is 24.2 Å². The van der Waals surface area contributed by atoms with Gasteiger partial charge in [-0.2, -0.15) is 0 Å². The molecule has 3 N–H and O–H groups in total. The molecule has 1 aromatic carbocycles. The van der Waals surface area contributed by atoms with Crippen molar-refractivity contribution in [3.63, 3.8) is 0 Å². The van der Waals surface area contributed by atoms with Crippen molar-refractivity contribution >= 4 is 5.91 Å². The van der Waals surface area contributed by atoms with Gasteiger partial charge in [0.05, 0.1) is 13.2 Å². The normalized spacial score (nSPS) is 12.2. The second-order valence-corrected chi connectivity index (χ2v) is 4.60. The maximum absolute atomic E-state index is 11.7. The van der Waals surface area contributed by atoms with Crippen molar-refractivity contribution in [1.29, 1.82) is 0 Å². The molecule has 0 spiro atoms. The fourth-order valence-electron chi connectivity index (χ4n) is 1.77. The van der Waals surface area contributed by atoms with E-state index < -0.39 is 6.04 Å². The van der Waals surface area contributed by atoms with Gasteiger partial charge in [0.15, 0.2) is 0 Å². The third-order valence-electron chi connectivity index (χ3n) is 2.86. The van der Waals surface area contributed by atoms with E-state index >= 15 is 0 Å². The van der Waals surface area contributed by atoms with Gasteiger partial charge in [0.25, 0.3) is 0 Å². The standard InChI is InChI=1S/C15H24N2O3/c1-3-8-20-10-13-7-5-4-6-12(13)9-17-15(18)14(16)11-19-2/h4-7,14H,3,8-11,16H2,1-2H3,(H,17,18). The minimum Gasteiger partial charge on any atom is -0.383 e. The number of amides is 1. The first kappa shape index (κ1) is 16.6. The topological polar surface area (TPSA) is 73.6 Å². The lowest BCUT2D eigenvalue weighted by atomic mass is 10.1. The molecule has 20 heavy (non-hydrogen) atoms. The summed E-state index contributed by atoms with van der Waals surface area (Å²) in [5.41, 5.74) is 7.79. The molecule has 0 radical (unpaired) electrons. The van der Waals surface area contributed by atoms with Crippen molar-refractivity contribution in [3.05, 3.63) is 35.4 Å². The molecule has 0 bridgehead atoms. The van der Waals surface area contributed by atoms with Gasteiger partial charge in [-0.1, -0.05) is 31.2 Å². The zero-order valence-corrected chi connectivity index (χ0v) is 12.2. The summed E-state index contributed by atoms with van der Waals surface area (Å²) in [7, 11) is 1.52. The van der Waals surface area contributed by atoms with Crippen molar-refractivity contribution in [2.75, 3.05) is 20.3 Å². The molecule has 1 amide bonds. The molecule has 0 aromatic heterocycles. The van der Waals surface area contributed by atoms with E-state index in [1.54, 1.807) is 0 Å². The summed E-state index contributed by atoms with van der Waals surface area (Å²) in [5.74, 6) is -0.212. The van der Waals surface area contributed by atoms with E-state index in [2.05, 4.69) is 12.2 Å². The highest BCUT2D eigenvalue weighted by atomic mass is 16.5. The summed E-state index contributed by atoms with van der Waals surface area (Å²) in [6, 6.07) is 7.26. The Bertz CT molecular complexity index is 410. The van der Waals surface area contributed by atoms with Crippen LogP contribution in [-0.2, 0) is 27.4 Å². The maximum Gasteiger partial charge on any atom is 0.239 e. The summed E-state index contributed by atoms with van der Waals surface area (Å²) in [6.45, 7) is 4.03. The van der Waals surface area contributed by atoms with Gasteiger partial charge in [-0.3, -0.25) is 4.79 Å². The summed E-state index contributed by atoms with van der Waals surface area (Å²) in [4.78, 5) is 11.7. The minimum atomic E-state index is -0.636. The van der Waals surface area contributed by atoms with E-state index in [4.69, 9.17) is 15.2 Å². The number of carbonyl (C=O) groups is 1. The Labute approximate surface area is 120 Å². The molecule has 1 unspecified atom stereocenters. The molecule has 112 valence electrons. The van der Waals surface area contributed by atoms with Crippen LogP contribution in [0.3, 0.4) is 0 Å². The average molecular weight is 280 g/mol. The number of nitrogens with one attached hydrogen (secondary N) is 1. The molecule has 0 aliphatic carbocycles. The molecule has 0 heterocycles. The van der Waals surface area contributed by atoms with E-state index in [-0.39, 0.29) is 12.5 Å². The second kappa shape index (κ2) is 9.47. The number of methoxy groups -OCH3 is 1. The molecule has 0 aliphatic heterocycles. The van der Waals surface area contributed by atoms with Crippen LogP contribution in [-0.4, -0.2) is 32.3 Å². The van der Waals surface area contributed by atoms with Crippen LogP contribution < -0.4 is 11.1 Å². The second-order valence-electron chi connectivity index (χ2n) is 4.60. The molecular weight excluding hydrogens is 256 g/mol. The van der Waals surface area contributed by atoms with Crippen molar-refractivity contribution in [1.82, 2.24) is 5.32 Å². The Morgan fingerprint density at radius 3 is 2.70 bits per heavy atom.